The molecule has 0 unspecified atom stereocenters. The molecule has 0 aliphatic carbocycles. The molecule has 3 rings (SSSR count). The van der Waals surface area contributed by atoms with Crippen LogP contribution in [0.1, 0.15) is 22.1 Å². The van der Waals surface area contributed by atoms with Gasteiger partial charge in [-0.3, -0.25) is 4.79 Å². The highest BCUT2D eigenvalue weighted by Gasteiger charge is 2.42. The molecule has 24 heavy (non-hydrogen) atoms. The minimum Gasteiger partial charge on any atom is -0.382 e. The van der Waals surface area contributed by atoms with Crippen molar-refractivity contribution in [2.75, 3.05) is 26.8 Å². The fourth-order valence-corrected chi connectivity index (χ4v) is 2.61. The topological polar surface area (TPSA) is 88.8 Å². The Balaban J connectivity index is 1.97. The van der Waals surface area contributed by atoms with Crippen LogP contribution < -0.4 is 5.32 Å². The molecule has 0 radical (unpaired) electrons. The van der Waals surface area contributed by atoms with Gasteiger partial charge < -0.3 is 15.0 Å². The summed E-state index contributed by atoms with van der Waals surface area (Å²) in [5.74, 6) is -3.03. The zero-order valence-electron chi connectivity index (χ0n) is 12.8. The molecule has 3 heterocycles. The predicted molar refractivity (Wildman–Crippen MR) is 78.0 cm³/mol. The van der Waals surface area contributed by atoms with E-state index in [1.807, 2.05) is 0 Å². The number of aldehydes is 1. The predicted octanol–water partition coefficient (Wildman–Crippen LogP) is 0.890. The average molecular weight is 339 g/mol. The Kier molecular flexibility index (Phi) is 4.14. The summed E-state index contributed by atoms with van der Waals surface area (Å²) in [5.41, 5.74) is 1.06. The molecule has 10 heteroatoms. The molecule has 128 valence electrons. The zero-order chi connectivity index (χ0) is 17.3. The molecule has 2 aromatic heterocycles. The molecule has 2 aromatic rings. The van der Waals surface area contributed by atoms with Crippen LogP contribution in [0.5, 0.6) is 0 Å². The highest BCUT2D eigenvalue weighted by Crippen LogP contribution is 2.28. The Bertz CT molecular complexity index is 779. The smallest absolute Gasteiger partial charge is 0.318 e. The van der Waals surface area contributed by atoms with Crippen molar-refractivity contribution in [3.05, 3.63) is 29.7 Å². The molecule has 1 saturated heterocycles. The number of alkyl halides is 2. The van der Waals surface area contributed by atoms with Crippen molar-refractivity contribution in [3.8, 4) is 0 Å². The van der Waals surface area contributed by atoms with Gasteiger partial charge in [0.05, 0.1) is 38.1 Å². The minimum absolute atomic E-state index is 0.0165. The number of fused-ring (bicyclic) bond motifs is 1. The van der Waals surface area contributed by atoms with Gasteiger partial charge in [-0.25, -0.2) is 23.1 Å². The van der Waals surface area contributed by atoms with Gasteiger partial charge in [-0.05, 0) is 6.07 Å². The number of carbonyl (C=O) groups is 2. The molecule has 2 amide bonds. The van der Waals surface area contributed by atoms with E-state index < -0.39 is 31.1 Å². The summed E-state index contributed by atoms with van der Waals surface area (Å²) in [6, 6.07) is 0.235. The van der Waals surface area contributed by atoms with Crippen molar-refractivity contribution in [1.29, 1.82) is 0 Å². The quantitative estimate of drug-likeness (QED) is 0.817. The molecule has 1 aliphatic rings. The fraction of sp³-hybridized carbons (Fsp3) is 0.429. The number of amides is 2. The van der Waals surface area contributed by atoms with E-state index in [4.69, 9.17) is 4.74 Å². The summed E-state index contributed by atoms with van der Waals surface area (Å²) in [7, 11) is 1.42. The number of halogens is 2. The van der Waals surface area contributed by atoms with Gasteiger partial charge in [0.2, 0.25) is 0 Å². The lowest BCUT2D eigenvalue weighted by Gasteiger charge is -2.38. The van der Waals surface area contributed by atoms with Crippen LogP contribution in [0, 0.1) is 0 Å². The Labute approximate surface area is 135 Å². The Morgan fingerprint density at radius 3 is 3.04 bits per heavy atom. The summed E-state index contributed by atoms with van der Waals surface area (Å²) in [5, 5.41) is 6.28. The summed E-state index contributed by atoms with van der Waals surface area (Å²) in [4.78, 5) is 27.9. The van der Waals surface area contributed by atoms with Crippen molar-refractivity contribution in [1.82, 2.24) is 24.8 Å². The molecule has 1 fully saturated rings. The Hall–Kier alpha value is -2.62. The second-order valence-electron chi connectivity index (χ2n) is 5.49. The van der Waals surface area contributed by atoms with Gasteiger partial charge in [-0.2, -0.15) is 5.10 Å². The molecular formula is C14H15F2N5O3. The van der Waals surface area contributed by atoms with E-state index in [1.54, 1.807) is 6.07 Å². The SMILES string of the molecule is COC[C@H](c1cnn2cc(C=O)nc2c1)N1CC(F)(F)CNC1=O. The molecular weight excluding hydrogens is 324 g/mol. The number of nitrogens with zero attached hydrogens (tertiary/aromatic N) is 4. The summed E-state index contributed by atoms with van der Waals surface area (Å²) < 4.78 is 33.8. The molecule has 0 bridgehead atoms. The minimum atomic E-state index is -3.03. The van der Waals surface area contributed by atoms with Crippen LogP contribution in [0.25, 0.3) is 5.65 Å². The molecule has 1 aliphatic heterocycles. The van der Waals surface area contributed by atoms with Gasteiger partial charge in [0, 0.05) is 12.7 Å². The van der Waals surface area contributed by atoms with Crippen LogP contribution >= 0.6 is 0 Å². The number of aromatic nitrogens is 3. The maximum absolute atomic E-state index is 13.7. The summed E-state index contributed by atoms with van der Waals surface area (Å²) in [6.45, 7) is -1.39. The largest absolute Gasteiger partial charge is 0.382 e. The number of hydrogen-bond donors (Lipinski definition) is 1. The van der Waals surface area contributed by atoms with E-state index in [0.717, 1.165) is 4.90 Å². The number of ether oxygens (including phenoxy) is 1. The molecule has 8 nitrogen and oxygen atoms in total. The van der Waals surface area contributed by atoms with Gasteiger partial charge in [-0.15, -0.1) is 0 Å². The van der Waals surface area contributed by atoms with Gasteiger partial charge in [-0.1, -0.05) is 0 Å². The Morgan fingerprint density at radius 1 is 1.54 bits per heavy atom. The molecule has 0 aromatic carbocycles. The van der Waals surface area contributed by atoms with Gasteiger partial charge in [0.1, 0.15) is 5.69 Å². The van der Waals surface area contributed by atoms with Crippen molar-refractivity contribution in [2.45, 2.75) is 12.0 Å². The van der Waals surface area contributed by atoms with E-state index in [9.17, 15) is 18.4 Å². The maximum atomic E-state index is 13.7. The van der Waals surface area contributed by atoms with Gasteiger partial charge in [0.15, 0.2) is 11.9 Å². The molecule has 0 spiro atoms. The second-order valence-corrected chi connectivity index (χ2v) is 5.49. The third-order valence-electron chi connectivity index (χ3n) is 3.73. The second kappa shape index (κ2) is 6.11. The number of rotatable bonds is 5. The van der Waals surface area contributed by atoms with Crippen molar-refractivity contribution in [3.63, 3.8) is 0 Å². The lowest BCUT2D eigenvalue weighted by Crippen LogP contribution is -2.58. The first kappa shape index (κ1) is 16.2. The third-order valence-corrected chi connectivity index (χ3v) is 3.73. The van der Waals surface area contributed by atoms with Crippen LogP contribution in [-0.4, -0.2) is 64.5 Å². The van der Waals surface area contributed by atoms with Crippen LogP contribution in [0.3, 0.4) is 0 Å². The highest BCUT2D eigenvalue weighted by molar-refractivity contribution is 5.76. The van der Waals surface area contributed by atoms with Crippen LogP contribution in [-0.2, 0) is 4.74 Å². The maximum Gasteiger partial charge on any atom is 0.318 e. The van der Waals surface area contributed by atoms with E-state index in [1.165, 1.54) is 24.0 Å². The first-order chi connectivity index (χ1) is 11.4. The number of imidazole rings is 1. The molecule has 1 atom stereocenters. The van der Waals surface area contributed by atoms with Crippen LogP contribution in [0.2, 0.25) is 0 Å². The Morgan fingerprint density at radius 2 is 2.33 bits per heavy atom. The van der Waals surface area contributed by atoms with E-state index in [-0.39, 0.29) is 12.3 Å². The van der Waals surface area contributed by atoms with Gasteiger partial charge in [0.25, 0.3) is 5.92 Å². The number of urea groups is 1. The summed E-state index contributed by atoms with van der Waals surface area (Å²) in [6.07, 6.45) is 3.46. The lowest BCUT2D eigenvalue weighted by molar-refractivity contribution is -0.0509. The van der Waals surface area contributed by atoms with Gasteiger partial charge >= 0.3 is 6.03 Å². The number of methoxy groups -OCH3 is 1. The van der Waals surface area contributed by atoms with E-state index in [2.05, 4.69) is 15.4 Å². The number of nitrogens with one attached hydrogen (secondary N) is 1. The molecule has 0 saturated carbocycles. The first-order valence-electron chi connectivity index (χ1n) is 7.15. The van der Waals surface area contributed by atoms with Crippen LogP contribution in [0.4, 0.5) is 13.6 Å². The van der Waals surface area contributed by atoms with Crippen molar-refractivity contribution >= 4 is 18.0 Å². The fourth-order valence-electron chi connectivity index (χ4n) is 2.61. The highest BCUT2D eigenvalue weighted by atomic mass is 19.3. The van der Waals surface area contributed by atoms with Crippen LogP contribution in [0.15, 0.2) is 18.5 Å². The monoisotopic (exact) mass is 339 g/mol. The van der Waals surface area contributed by atoms with E-state index in [0.29, 0.717) is 17.5 Å². The average Bonchev–Trinajstić information content (AvgIpc) is 2.97. The summed E-state index contributed by atoms with van der Waals surface area (Å²) >= 11 is 0. The normalized spacial score (nSPS) is 18.5. The van der Waals surface area contributed by atoms with Crippen molar-refractivity contribution < 1.29 is 23.1 Å². The zero-order valence-corrected chi connectivity index (χ0v) is 12.8. The number of hydrogen-bond acceptors (Lipinski definition) is 5. The number of carbonyl (C=O) groups excluding carboxylic acids is 2. The standard InChI is InChI=1S/C14H15F2N5O3/c1-24-6-11(20-8-14(15,16)7-17-13(20)23)9-2-12-19-10(5-22)4-21(12)18-3-9/h2-5,11H,6-8H2,1H3,(H,17,23)/t11-/m1/s1. The lowest BCUT2D eigenvalue weighted by atomic mass is 10.1. The molecule has 1 N–H and O–H groups in total. The van der Waals surface area contributed by atoms with E-state index >= 15 is 0 Å². The van der Waals surface area contributed by atoms with Crippen molar-refractivity contribution in [2.24, 2.45) is 0 Å². The first-order valence-corrected chi connectivity index (χ1v) is 7.15. The third kappa shape index (κ3) is 3.04.